The van der Waals surface area contributed by atoms with Crippen LogP contribution in [0.5, 0.6) is 0 Å². The third-order valence-electron chi connectivity index (χ3n) is 3.21. The van der Waals surface area contributed by atoms with Gasteiger partial charge in [0.25, 0.3) is 5.91 Å². The van der Waals surface area contributed by atoms with E-state index in [9.17, 15) is 9.18 Å². The van der Waals surface area contributed by atoms with E-state index in [2.05, 4.69) is 5.32 Å². The van der Waals surface area contributed by atoms with Gasteiger partial charge in [0, 0.05) is 5.56 Å². The molecule has 3 heteroatoms. The van der Waals surface area contributed by atoms with E-state index < -0.39 is 5.82 Å². The molecule has 2 aromatic rings. The van der Waals surface area contributed by atoms with Gasteiger partial charge in [-0.3, -0.25) is 4.79 Å². The maximum absolute atomic E-state index is 13.5. The molecule has 0 radical (unpaired) electrons. The van der Waals surface area contributed by atoms with Gasteiger partial charge in [-0.05, 0) is 55.7 Å². The molecule has 0 bridgehead atoms. The maximum atomic E-state index is 13.5. The Balaban J connectivity index is 2.31. The van der Waals surface area contributed by atoms with Crippen LogP contribution in [0.4, 0.5) is 10.1 Å². The van der Waals surface area contributed by atoms with Crippen LogP contribution in [0.2, 0.25) is 0 Å². The molecular formula is C16H16FNO. The molecule has 0 saturated heterocycles. The molecule has 98 valence electrons. The van der Waals surface area contributed by atoms with E-state index in [1.165, 1.54) is 6.07 Å². The molecule has 2 nitrogen and oxygen atoms in total. The number of aryl methyl sites for hydroxylation is 3. The molecule has 0 fully saturated rings. The number of carbonyl (C=O) groups excluding carboxylic acids is 1. The summed E-state index contributed by atoms with van der Waals surface area (Å²) in [6, 6.07) is 9.94. The number of anilines is 1. The Hall–Kier alpha value is -2.16. The average Bonchev–Trinajstić information content (AvgIpc) is 2.36. The largest absolute Gasteiger partial charge is 0.319 e. The maximum Gasteiger partial charge on any atom is 0.256 e. The molecule has 1 N–H and O–H groups in total. The van der Waals surface area contributed by atoms with Crippen molar-refractivity contribution in [1.29, 1.82) is 0 Å². The summed E-state index contributed by atoms with van der Waals surface area (Å²) in [6.45, 7) is 5.83. The Bertz CT molecular complexity index is 635. The quantitative estimate of drug-likeness (QED) is 0.865. The van der Waals surface area contributed by atoms with Crippen molar-refractivity contribution in [2.45, 2.75) is 20.8 Å². The Kier molecular flexibility index (Phi) is 3.65. The van der Waals surface area contributed by atoms with E-state index >= 15 is 0 Å². The van der Waals surface area contributed by atoms with Crippen molar-refractivity contribution in [3.8, 4) is 0 Å². The minimum atomic E-state index is -0.433. The van der Waals surface area contributed by atoms with Crippen molar-refractivity contribution < 1.29 is 9.18 Å². The second-order valence-electron chi connectivity index (χ2n) is 4.69. The summed E-state index contributed by atoms with van der Waals surface area (Å²) < 4.78 is 13.5. The summed E-state index contributed by atoms with van der Waals surface area (Å²) in [7, 11) is 0. The number of rotatable bonds is 2. The summed E-state index contributed by atoms with van der Waals surface area (Å²) >= 11 is 0. The van der Waals surface area contributed by atoms with Crippen molar-refractivity contribution >= 4 is 11.6 Å². The first kappa shape index (κ1) is 13.3. The Morgan fingerprint density at radius 2 is 1.63 bits per heavy atom. The Morgan fingerprint density at radius 3 is 2.32 bits per heavy atom. The summed E-state index contributed by atoms with van der Waals surface area (Å²) in [4.78, 5) is 12.2. The molecule has 0 aliphatic heterocycles. The van der Waals surface area contributed by atoms with Crippen LogP contribution >= 0.6 is 0 Å². The molecule has 0 aromatic heterocycles. The fraction of sp³-hybridized carbons (Fsp3) is 0.188. The van der Waals surface area contributed by atoms with Crippen LogP contribution in [0.1, 0.15) is 27.0 Å². The van der Waals surface area contributed by atoms with Crippen molar-refractivity contribution in [3.63, 3.8) is 0 Å². The van der Waals surface area contributed by atoms with Crippen LogP contribution in [-0.4, -0.2) is 5.91 Å². The number of benzene rings is 2. The lowest BCUT2D eigenvalue weighted by atomic mass is 10.0. The lowest BCUT2D eigenvalue weighted by molar-refractivity contribution is 0.102. The van der Waals surface area contributed by atoms with Crippen molar-refractivity contribution in [2.75, 3.05) is 5.32 Å². The topological polar surface area (TPSA) is 29.1 Å². The first-order chi connectivity index (χ1) is 8.99. The third-order valence-corrected chi connectivity index (χ3v) is 3.21. The number of para-hydroxylation sites is 1. The van der Waals surface area contributed by atoms with Crippen molar-refractivity contribution in [3.05, 3.63) is 64.5 Å². The number of hydrogen-bond donors (Lipinski definition) is 1. The first-order valence-electron chi connectivity index (χ1n) is 6.13. The zero-order valence-corrected chi connectivity index (χ0v) is 11.3. The molecule has 1 amide bonds. The molecule has 0 saturated carbocycles. The highest BCUT2D eigenvalue weighted by Gasteiger charge is 2.12. The minimum Gasteiger partial charge on any atom is -0.319 e. The van der Waals surface area contributed by atoms with E-state index in [4.69, 9.17) is 0 Å². The van der Waals surface area contributed by atoms with Crippen LogP contribution in [0, 0.1) is 26.6 Å². The average molecular weight is 257 g/mol. The van der Waals surface area contributed by atoms with Crippen LogP contribution in [0.3, 0.4) is 0 Å². The molecule has 2 aromatic carbocycles. The monoisotopic (exact) mass is 257 g/mol. The third kappa shape index (κ3) is 2.81. The van der Waals surface area contributed by atoms with Crippen LogP contribution < -0.4 is 5.32 Å². The van der Waals surface area contributed by atoms with Gasteiger partial charge in [0.2, 0.25) is 0 Å². The molecule has 0 unspecified atom stereocenters. The van der Waals surface area contributed by atoms with Gasteiger partial charge in [-0.25, -0.2) is 4.39 Å². The van der Waals surface area contributed by atoms with Crippen molar-refractivity contribution in [2.24, 2.45) is 0 Å². The molecule has 0 aliphatic rings. The van der Waals surface area contributed by atoms with Crippen molar-refractivity contribution in [1.82, 2.24) is 0 Å². The Morgan fingerprint density at radius 1 is 1.00 bits per heavy atom. The van der Waals surface area contributed by atoms with Gasteiger partial charge >= 0.3 is 0 Å². The van der Waals surface area contributed by atoms with Gasteiger partial charge in [-0.2, -0.15) is 0 Å². The molecular weight excluding hydrogens is 241 g/mol. The highest BCUT2D eigenvalue weighted by molar-refractivity contribution is 6.05. The highest BCUT2D eigenvalue weighted by atomic mass is 19.1. The molecule has 0 atom stereocenters. The van der Waals surface area contributed by atoms with E-state index in [0.717, 1.165) is 16.7 Å². The fourth-order valence-electron chi connectivity index (χ4n) is 1.96. The smallest absolute Gasteiger partial charge is 0.256 e. The molecule has 0 spiro atoms. The standard InChI is InChI=1S/C16H16FNO/c1-10-8-12(3)13(9-11(10)2)16(19)18-15-7-5-4-6-14(15)17/h4-9H,1-3H3,(H,18,19). The molecule has 0 aliphatic carbocycles. The number of nitrogens with one attached hydrogen (secondary N) is 1. The summed E-state index contributed by atoms with van der Waals surface area (Å²) in [5.74, 6) is -0.719. The van der Waals surface area contributed by atoms with Gasteiger partial charge in [0.1, 0.15) is 5.82 Å². The zero-order valence-electron chi connectivity index (χ0n) is 11.3. The van der Waals surface area contributed by atoms with Gasteiger partial charge < -0.3 is 5.32 Å². The van der Waals surface area contributed by atoms with E-state index in [-0.39, 0.29) is 11.6 Å². The molecule has 0 heterocycles. The summed E-state index contributed by atoms with van der Waals surface area (Å²) in [5.41, 5.74) is 3.85. The van der Waals surface area contributed by atoms with E-state index in [0.29, 0.717) is 5.56 Å². The lowest BCUT2D eigenvalue weighted by Crippen LogP contribution is -2.14. The second kappa shape index (κ2) is 5.22. The number of carbonyl (C=O) groups is 1. The molecule has 2 rings (SSSR count). The SMILES string of the molecule is Cc1cc(C)c(C(=O)Nc2ccccc2F)cc1C. The van der Waals surface area contributed by atoms with Gasteiger partial charge in [-0.15, -0.1) is 0 Å². The second-order valence-corrected chi connectivity index (χ2v) is 4.69. The van der Waals surface area contributed by atoms with Crippen LogP contribution in [0.25, 0.3) is 0 Å². The predicted molar refractivity (Wildman–Crippen MR) is 75.0 cm³/mol. The van der Waals surface area contributed by atoms with E-state index in [1.807, 2.05) is 32.9 Å². The van der Waals surface area contributed by atoms with Gasteiger partial charge in [-0.1, -0.05) is 18.2 Å². The normalized spacial score (nSPS) is 10.3. The fourth-order valence-corrected chi connectivity index (χ4v) is 1.96. The Labute approximate surface area is 112 Å². The van der Waals surface area contributed by atoms with Crippen LogP contribution in [0.15, 0.2) is 36.4 Å². The molecule has 19 heavy (non-hydrogen) atoms. The van der Waals surface area contributed by atoms with E-state index in [1.54, 1.807) is 18.2 Å². The lowest BCUT2D eigenvalue weighted by Gasteiger charge is -2.11. The first-order valence-corrected chi connectivity index (χ1v) is 6.13. The number of halogens is 1. The summed E-state index contributed by atoms with van der Waals surface area (Å²) in [6.07, 6.45) is 0. The van der Waals surface area contributed by atoms with Gasteiger partial charge in [0.15, 0.2) is 0 Å². The highest BCUT2D eigenvalue weighted by Crippen LogP contribution is 2.18. The number of hydrogen-bond acceptors (Lipinski definition) is 1. The van der Waals surface area contributed by atoms with Gasteiger partial charge in [0.05, 0.1) is 5.69 Å². The summed E-state index contributed by atoms with van der Waals surface area (Å²) in [5, 5.41) is 2.60. The zero-order chi connectivity index (χ0) is 14.0. The predicted octanol–water partition coefficient (Wildman–Crippen LogP) is 4.00. The minimum absolute atomic E-state index is 0.199. The van der Waals surface area contributed by atoms with Crippen LogP contribution in [-0.2, 0) is 0 Å². The number of amides is 1.